The summed E-state index contributed by atoms with van der Waals surface area (Å²) in [4.78, 5) is 11.4. The maximum atomic E-state index is 12.2. The second-order valence-corrected chi connectivity index (χ2v) is 6.77. The number of methoxy groups -OCH3 is 2. The number of rotatable bonds is 10. The number of carbonyl (C=O) groups excluding carboxylic acids is 1. The van der Waals surface area contributed by atoms with Crippen molar-refractivity contribution >= 4 is 17.4 Å². The van der Waals surface area contributed by atoms with Gasteiger partial charge in [-0.05, 0) is 18.6 Å². The third kappa shape index (κ3) is 5.50. The molecular formula is C20H23NO6S. The van der Waals surface area contributed by atoms with Crippen molar-refractivity contribution in [1.29, 1.82) is 0 Å². The highest BCUT2D eigenvalue weighted by Crippen LogP contribution is 2.36. The molecule has 0 spiro atoms. The lowest BCUT2D eigenvalue weighted by atomic mass is 10.1. The molecule has 0 radical (unpaired) electrons. The number of benzene rings is 2. The van der Waals surface area contributed by atoms with Gasteiger partial charge in [-0.1, -0.05) is 42.5 Å². The van der Waals surface area contributed by atoms with Gasteiger partial charge in [0.15, 0.2) is 17.8 Å². The molecule has 150 valence electrons. The predicted octanol–water partition coefficient (Wildman–Crippen LogP) is 2.99. The first-order valence-corrected chi connectivity index (χ1v) is 9.67. The molecule has 2 rings (SSSR count). The van der Waals surface area contributed by atoms with Gasteiger partial charge in [-0.3, -0.25) is 4.79 Å². The molecule has 0 saturated carbocycles. The molecule has 8 heteroatoms. The minimum atomic E-state index is -1.79. The molecule has 0 aromatic heterocycles. The van der Waals surface area contributed by atoms with Gasteiger partial charge < -0.3 is 24.1 Å². The topological polar surface area (TPSA) is 97.1 Å². The third-order valence-corrected chi connectivity index (χ3v) is 4.77. The van der Waals surface area contributed by atoms with E-state index < -0.39 is 17.2 Å². The number of nitrogens with two attached hydrogens (primary N) is 1. The zero-order valence-electron chi connectivity index (χ0n) is 15.9. The molecule has 0 aliphatic heterocycles. The van der Waals surface area contributed by atoms with Crippen molar-refractivity contribution in [2.45, 2.75) is 18.8 Å². The Bertz CT molecular complexity index is 853. The molecule has 2 atom stereocenters. The number of para-hydroxylation sites is 1. The van der Waals surface area contributed by atoms with Crippen molar-refractivity contribution in [2.24, 2.45) is 5.73 Å². The summed E-state index contributed by atoms with van der Waals surface area (Å²) in [5, 5.41) is 0. The standard InChI is InChI=1S/C20H23NO6S/c1-14(16-10-7-11-17(24-2)19(16)25-3)26-20(21)18(12-22)27-28(23)13-15-8-5-4-6-9-15/h4-12,14H,13,21H2,1-3H3/b20-18+. The van der Waals surface area contributed by atoms with Gasteiger partial charge in [-0.25, -0.2) is 4.21 Å². The number of carbonyl (C=O) groups is 1. The second kappa shape index (κ2) is 10.4. The van der Waals surface area contributed by atoms with Crippen LogP contribution in [0.15, 0.2) is 60.2 Å². The van der Waals surface area contributed by atoms with E-state index in [2.05, 4.69) is 0 Å². The summed E-state index contributed by atoms with van der Waals surface area (Å²) in [6.45, 7) is 1.73. The van der Waals surface area contributed by atoms with Gasteiger partial charge in [0, 0.05) is 5.56 Å². The molecule has 0 amide bonds. The normalized spacial score (nSPS) is 13.7. The summed E-state index contributed by atoms with van der Waals surface area (Å²) in [6.07, 6.45) is -0.209. The number of hydrogen-bond acceptors (Lipinski definition) is 7. The molecular weight excluding hydrogens is 382 g/mol. The Morgan fingerprint density at radius 3 is 2.43 bits per heavy atom. The lowest BCUT2D eigenvalue weighted by Gasteiger charge is -2.19. The van der Waals surface area contributed by atoms with Crippen LogP contribution >= 0.6 is 0 Å². The SMILES string of the molecule is COc1cccc(C(C)O/C(N)=C(\C=O)OS(=O)Cc2ccccc2)c1OC. The lowest BCUT2D eigenvalue weighted by Crippen LogP contribution is -2.14. The average molecular weight is 405 g/mol. The first kappa shape index (κ1) is 21.3. The van der Waals surface area contributed by atoms with Crippen LogP contribution in [0.5, 0.6) is 11.5 Å². The Hall–Kier alpha value is -3.00. The average Bonchev–Trinajstić information content (AvgIpc) is 2.71. The quantitative estimate of drug-likeness (QED) is 0.369. The maximum Gasteiger partial charge on any atom is 0.239 e. The Labute approximate surface area is 166 Å². The van der Waals surface area contributed by atoms with E-state index in [4.69, 9.17) is 24.1 Å². The fourth-order valence-electron chi connectivity index (χ4n) is 2.50. The van der Waals surface area contributed by atoms with E-state index in [1.165, 1.54) is 14.2 Å². The molecule has 2 unspecified atom stereocenters. The van der Waals surface area contributed by atoms with Crippen molar-refractivity contribution in [3.8, 4) is 11.5 Å². The van der Waals surface area contributed by atoms with Crippen molar-refractivity contribution in [2.75, 3.05) is 14.2 Å². The van der Waals surface area contributed by atoms with Crippen molar-refractivity contribution in [1.82, 2.24) is 0 Å². The van der Waals surface area contributed by atoms with Gasteiger partial charge in [0.2, 0.25) is 22.7 Å². The summed E-state index contributed by atoms with van der Waals surface area (Å²) in [5.74, 6) is 0.544. The first-order chi connectivity index (χ1) is 13.5. The number of hydrogen-bond donors (Lipinski definition) is 1. The number of ether oxygens (including phenoxy) is 3. The van der Waals surface area contributed by atoms with Crippen molar-refractivity contribution < 1.29 is 27.4 Å². The summed E-state index contributed by atoms with van der Waals surface area (Å²) in [7, 11) is 3.04. The van der Waals surface area contributed by atoms with Crippen LogP contribution in [0.2, 0.25) is 0 Å². The van der Waals surface area contributed by atoms with Crippen LogP contribution in [-0.4, -0.2) is 24.7 Å². The van der Waals surface area contributed by atoms with E-state index in [-0.39, 0.29) is 17.4 Å². The highest BCUT2D eigenvalue weighted by Gasteiger charge is 2.19. The highest BCUT2D eigenvalue weighted by atomic mass is 32.2. The van der Waals surface area contributed by atoms with E-state index in [1.54, 1.807) is 25.1 Å². The largest absolute Gasteiger partial charge is 0.493 e. The number of allylic oxidation sites excluding steroid dienone is 1. The van der Waals surface area contributed by atoms with Gasteiger partial charge in [-0.2, -0.15) is 0 Å². The maximum absolute atomic E-state index is 12.2. The van der Waals surface area contributed by atoms with E-state index in [1.807, 2.05) is 30.3 Å². The zero-order valence-corrected chi connectivity index (χ0v) is 16.7. The van der Waals surface area contributed by atoms with Crippen LogP contribution in [0.1, 0.15) is 24.2 Å². The molecule has 2 aromatic rings. The molecule has 0 bridgehead atoms. The Morgan fingerprint density at radius 2 is 1.82 bits per heavy atom. The Balaban J connectivity index is 2.13. The van der Waals surface area contributed by atoms with E-state index in [0.29, 0.717) is 23.3 Å². The fourth-order valence-corrected chi connectivity index (χ4v) is 3.35. The van der Waals surface area contributed by atoms with Crippen LogP contribution in [0.25, 0.3) is 0 Å². The molecule has 0 aliphatic carbocycles. The van der Waals surface area contributed by atoms with Crippen LogP contribution < -0.4 is 15.2 Å². The van der Waals surface area contributed by atoms with Crippen molar-refractivity contribution in [3.63, 3.8) is 0 Å². The van der Waals surface area contributed by atoms with E-state index in [9.17, 15) is 9.00 Å². The Kier molecular flexibility index (Phi) is 7.88. The summed E-state index contributed by atoms with van der Waals surface area (Å²) < 4.78 is 33.6. The second-order valence-electron chi connectivity index (χ2n) is 5.71. The van der Waals surface area contributed by atoms with Gasteiger partial charge >= 0.3 is 0 Å². The highest BCUT2D eigenvalue weighted by molar-refractivity contribution is 7.79. The lowest BCUT2D eigenvalue weighted by molar-refractivity contribution is -0.107. The van der Waals surface area contributed by atoms with Crippen LogP contribution in [0, 0.1) is 0 Å². The fraction of sp³-hybridized carbons (Fsp3) is 0.250. The molecule has 28 heavy (non-hydrogen) atoms. The van der Waals surface area contributed by atoms with Crippen LogP contribution in [0.4, 0.5) is 0 Å². The van der Waals surface area contributed by atoms with Crippen LogP contribution in [-0.2, 0) is 30.5 Å². The monoisotopic (exact) mass is 405 g/mol. The molecule has 2 N–H and O–H groups in total. The van der Waals surface area contributed by atoms with Gasteiger partial charge in [0.1, 0.15) is 6.10 Å². The van der Waals surface area contributed by atoms with Gasteiger partial charge in [-0.15, -0.1) is 0 Å². The molecule has 2 aromatic carbocycles. The van der Waals surface area contributed by atoms with E-state index in [0.717, 1.165) is 5.56 Å². The minimum Gasteiger partial charge on any atom is -0.493 e. The van der Waals surface area contributed by atoms with Gasteiger partial charge in [0.05, 0.1) is 20.0 Å². The minimum absolute atomic E-state index is 0.116. The summed E-state index contributed by atoms with van der Waals surface area (Å²) in [6, 6.07) is 14.4. The van der Waals surface area contributed by atoms with Gasteiger partial charge in [0.25, 0.3) is 0 Å². The third-order valence-electron chi connectivity index (χ3n) is 3.84. The predicted molar refractivity (Wildman–Crippen MR) is 106 cm³/mol. The first-order valence-electron chi connectivity index (χ1n) is 8.43. The molecule has 0 heterocycles. The number of aldehydes is 1. The molecule has 0 fully saturated rings. The summed E-state index contributed by atoms with van der Waals surface area (Å²) >= 11 is -1.79. The molecule has 0 saturated heterocycles. The van der Waals surface area contributed by atoms with Crippen molar-refractivity contribution in [3.05, 3.63) is 71.3 Å². The molecule has 7 nitrogen and oxygen atoms in total. The Morgan fingerprint density at radius 1 is 1.11 bits per heavy atom. The smallest absolute Gasteiger partial charge is 0.239 e. The molecule has 0 aliphatic rings. The zero-order chi connectivity index (χ0) is 20.5. The summed E-state index contributed by atoms with van der Waals surface area (Å²) in [5.41, 5.74) is 7.34. The van der Waals surface area contributed by atoms with Crippen LogP contribution in [0.3, 0.4) is 0 Å². The van der Waals surface area contributed by atoms with E-state index >= 15 is 0 Å².